The molecule has 0 unspecified atom stereocenters. The van der Waals surface area contributed by atoms with Crippen molar-refractivity contribution in [3.8, 4) is 0 Å². The third-order valence-electron chi connectivity index (χ3n) is 7.25. The van der Waals surface area contributed by atoms with Crippen LogP contribution in [0.15, 0.2) is 48.1 Å². The number of allylic oxidation sites excluding steroid dienone is 6. The number of hydrogen-bond acceptors (Lipinski definition) is 5. The monoisotopic (exact) mass is 427 g/mol. The molecule has 1 saturated heterocycles. The van der Waals surface area contributed by atoms with Gasteiger partial charge in [-0.25, -0.2) is 0 Å². The molecule has 1 saturated carbocycles. The number of ether oxygens (including phenoxy) is 1. The van der Waals surface area contributed by atoms with Crippen LogP contribution in [-0.2, 0) is 14.3 Å². The van der Waals surface area contributed by atoms with E-state index in [1.807, 2.05) is 31.2 Å². The number of Topliss-reactive ketones (excluding diaryl/α,β-unsaturated/α-hetero) is 1. The Morgan fingerprint density at radius 2 is 1.84 bits per heavy atom. The van der Waals surface area contributed by atoms with Gasteiger partial charge in [0.1, 0.15) is 5.78 Å². The van der Waals surface area contributed by atoms with Crippen LogP contribution >= 0.6 is 0 Å². The van der Waals surface area contributed by atoms with Gasteiger partial charge in [-0.2, -0.15) is 0 Å². The molecule has 2 heterocycles. The Kier molecular flexibility index (Phi) is 6.60. The van der Waals surface area contributed by atoms with Gasteiger partial charge in [-0.15, -0.1) is 0 Å². The Bertz CT molecular complexity index is 828. The van der Waals surface area contributed by atoms with E-state index < -0.39 is 18.3 Å². The van der Waals surface area contributed by atoms with Crippen molar-refractivity contribution in [1.82, 2.24) is 5.32 Å². The van der Waals surface area contributed by atoms with Gasteiger partial charge in [0.05, 0.1) is 30.8 Å². The van der Waals surface area contributed by atoms with Crippen molar-refractivity contribution < 1.29 is 24.5 Å². The van der Waals surface area contributed by atoms with Crippen molar-refractivity contribution in [2.45, 2.75) is 57.5 Å². The Balaban J connectivity index is 1.68. The van der Waals surface area contributed by atoms with Gasteiger partial charge in [-0.3, -0.25) is 9.59 Å². The zero-order valence-electron chi connectivity index (χ0n) is 18.2. The van der Waals surface area contributed by atoms with Gasteiger partial charge in [0.15, 0.2) is 0 Å². The minimum absolute atomic E-state index is 0.0234. The number of amides is 1. The van der Waals surface area contributed by atoms with Gasteiger partial charge < -0.3 is 20.3 Å². The molecule has 4 aliphatic rings. The summed E-state index contributed by atoms with van der Waals surface area (Å²) in [6, 6.07) is 0. The van der Waals surface area contributed by atoms with Gasteiger partial charge in [0.25, 0.3) is 0 Å². The first-order valence-electron chi connectivity index (χ1n) is 11.3. The summed E-state index contributed by atoms with van der Waals surface area (Å²) >= 11 is 0. The molecule has 2 fully saturated rings. The van der Waals surface area contributed by atoms with E-state index in [9.17, 15) is 19.8 Å². The standard InChI is InChI=1S/C25H33NO5/c1-14-6-4-3-5-7-15(2)17-8-9-18-19(28)12-20(29)25-24(18)23(17)21(31-25)10-16(27)11-22(30)26-13-14/h3-9,14,17-21,23-25,28-29H,10-13H2,1-2H3,(H,26,30)/b5-3-,6-4+,15-7+/t14-,17-,18+,19+,20-,21-,23+,24-,25-/m0/s1. The topological polar surface area (TPSA) is 95.9 Å². The molecule has 3 N–H and O–H groups in total. The second kappa shape index (κ2) is 9.23. The average molecular weight is 428 g/mol. The SMILES string of the molecule is C\C1=C/C=C\C=C\[C@H](C)CNC(=O)CC(=O)C[C@@H]2O[C@@H]3[C@H]4[C@H](C=C[C@@H]1[C@@H]42)[C@H](O)C[C@@H]3O. The molecular formula is C25H33NO5. The molecule has 0 aromatic heterocycles. The Labute approximate surface area is 183 Å². The summed E-state index contributed by atoms with van der Waals surface area (Å²) in [4.78, 5) is 25.0. The summed E-state index contributed by atoms with van der Waals surface area (Å²) in [5.74, 6) is -0.367. The third-order valence-corrected chi connectivity index (χ3v) is 7.25. The predicted octanol–water partition coefficient (Wildman–Crippen LogP) is 2.09. The highest BCUT2D eigenvalue weighted by Gasteiger charge is 2.58. The Morgan fingerprint density at radius 3 is 2.65 bits per heavy atom. The lowest BCUT2D eigenvalue weighted by molar-refractivity contribution is -0.131. The second-order valence-corrected chi connectivity index (χ2v) is 9.53. The Morgan fingerprint density at radius 1 is 1.03 bits per heavy atom. The number of carbonyl (C=O) groups excluding carboxylic acids is 2. The molecule has 0 spiro atoms. The summed E-state index contributed by atoms with van der Waals surface area (Å²) in [7, 11) is 0. The molecule has 2 aliphatic carbocycles. The zero-order chi connectivity index (χ0) is 22.1. The lowest BCUT2D eigenvalue weighted by atomic mass is 9.60. The van der Waals surface area contributed by atoms with Gasteiger partial charge in [0.2, 0.25) is 5.91 Å². The smallest absolute Gasteiger partial charge is 0.227 e. The summed E-state index contributed by atoms with van der Waals surface area (Å²) in [5.41, 5.74) is 1.15. The van der Waals surface area contributed by atoms with E-state index in [1.165, 1.54) is 0 Å². The van der Waals surface area contributed by atoms with Crippen LogP contribution in [-0.4, -0.2) is 52.9 Å². The molecule has 4 rings (SSSR count). The predicted molar refractivity (Wildman–Crippen MR) is 117 cm³/mol. The molecule has 168 valence electrons. The molecule has 9 atom stereocenters. The molecule has 2 aliphatic heterocycles. The fourth-order valence-electron chi connectivity index (χ4n) is 5.73. The fraction of sp³-hybridized carbons (Fsp3) is 0.600. The van der Waals surface area contributed by atoms with Gasteiger partial charge in [0, 0.05) is 43.1 Å². The van der Waals surface area contributed by atoms with Crippen LogP contribution in [0.25, 0.3) is 0 Å². The lowest BCUT2D eigenvalue weighted by Gasteiger charge is -2.44. The fourth-order valence-corrected chi connectivity index (χ4v) is 5.73. The first-order valence-corrected chi connectivity index (χ1v) is 11.3. The molecular weight excluding hydrogens is 394 g/mol. The third kappa shape index (κ3) is 4.61. The summed E-state index contributed by atoms with van der Waals surface area (Å²) in [5, 5.41) is 24.0. The molecule has 1 amide bonds. The minimum atomic E-state index is -0.751. The molecule has 0 aromatic carbocycles. The maximum Gasteiger partial charge on any atom is 0.227 e. The van der Waals surface area contributed by atoms with E-state index in [2.05, 4.69) is 30.5 Å². The van der Waals surface area contributed by atoms with Crippen molar-refractivity contribution in [1.29, 1.82) is 0 Å². The normalized spacial score (nSPS) is 47.1. The van der Waals surface area contributed by atoms with E-state index in [4.69, 9.17) is 4.74 Å². The van der Waals surface area contributed by atoms with Crippen LogP contribution < -0.4 is 5.32 Å². The molecule has 0 radical (unpaired) electrons. The number of ketones is 1. The van der Waals surface area contributed by atoms with Gasteiger partial charge >= 0.3 is 0 Å². The number of hydrogen-bond donors (Lipinski definition) is 3. The highest BCUT2D eigenvalue weighted by molar-refractivity contribution is 5.98. The highest BCUT2D eigenvalue weighted by atomic mass is 16.5. The van der Waals surface area contributed by atoms with Gasteiger partial charge in [-0.05, 0) is 12.8 Å². The van der Waals surface area contributed by atoms with Crippen molar-refractivity contribution in [3.05, 3.63) is 48.1 Å². The zero-order valence-corrected chi connectivity index (χ0v) is 18.2. The maximum absolute atomic E-state index is 12.7. The van der Waals surface area contributed by atoms with Crippen molar-refractivity contribution in [3.63, 3.8) is 0 Å². The van der Waals surface area contributed by atoms with E-state index in [0.29, 0.717) is 6.54 Å². The summed E-state index contributed by atoms with van der Waals surface area (Å²) in [6.45, 7) is 4.57. The number of aliphatic hydroxyl groups excluding tert-OH is 2. The summed E-state index contributed by atoms with van der Waals surface area (Å²) < 4.78 is 6.28. The molecule has 6 nitrogen and oxygen atoms in total. The minimum Gasteiger partial charge on any atom is -0.392 e. The average Bonchev–Trinajstić information content (AvgIpc) is 3.09. The second-order valence-electron chi connectivity index (χ2n) is 9.53. The molecule has 0 aromatic rings. The highest BCUT2D eigenvalue weighted by Crippen LogP contribution is 2.53. The van der Waals surface area contributed by atoms with Crippen molar-refractivity contribution >= 4 is 11.7 Å². The number of nitrogens with one attached hydrogen (secondary N) is 1. The van der Waals surface area contributed by atoms with E-state index in [1.54, 1.807) is 0 Å². The largest absolute Gasteiger partial charge is 0.392 e. The van der Waals surface area contributed by atoms with Crippen LogP contribution in [0.3, 0.4) is 0 Å². The van der Waals surface area contributed by atoms with Crippen LogP contribution in [0.5, 0.6) is 0 Å². The van der Waals surface area contributed by atoms with Crippen molar-refractivity contribution in [2.24, 2.45) is 29.6 Å². The number of rotatable bonds is 0. The van der Waals surface area contributed by atoms with E-state index >= 15 is 0 Å². The lowest BCUT2D eigenvalue weighted by Crippen LogP contribution is -2.50. The first kappa shape index (κ1) is 22.2. The van der Waals surface area contributed by atoms with Crippen LogP contribution in [0, 0.1) is 29.6 Å². The summed E-state index contributed by atoms with van der Waals surface area (Å²) in [6.07, 6.45) is 12.4. The van der Waals surface area contributed by atoms with Crippen molar-refractivity contribution in [2.75, 3.05) is 6.54 Å². The van der Waals surface area contributed by atoms with Crippen LogP contribution in [0.2, 0.25) is 0 Å². The van der Waals surface area contributed by atoms with Gasteiger partial charge in [-0.1, -0.05) is 55.0 Å². The van der Waals surface area contributed by atoms with E-state index in [-0.39, 0.29) is 66.6 Å². The Hall–Kier alpha value is -2.02. The molecule has 6 heteroatoms. The molecule has 31 heavy (non-hydrogen) atoms. The quantitative estimate of drug-likeness (QED) is 0.406. The molecule has 0 bridgehead atoms. The van der Waals surface area contributed by atoms with E-state index in [0.717, 1.165) is 5.57 Å². The number of carbonyl (C=O) groups is 2. The number of aliphatic hydroxyl groups is 2. The maximum atomic E-state index is 12.7. The van der Waals surface area contributed by atoms with Crippen LogP contribution in [0.4, 0.5) is 0 Å². The van der Waals surface area contributed by atoms with Crippen LogP contribution in [0.1, 0.15) is 33.1 Å². The first-order chi connectivity index (χ1) is 14.8.